The van der Waals surface area contributed by atoms with Crippen molar-refractivity contribution >= 4 is 11.6 Å². The third kappa shape index (κ3) is 4.15. The summed E-state index contributed by atoms with van der Waals surface area (Å²) >= 11 is 0. The third-order valence-electron chi connectivity index (χ3n) is 4.12. The number of hydrogen-bond donors (Lipinski definition) is 1. The highest BCUT2D eigenvalue weighted by molar-refractivity contribution is 5.92. The maximum atomic E-state index is 12.5. The molecule has 146 valence electrons. The lowest BCUT2D eigenvalue weighted by molar-refractivity contribution is -0.117. The number of ether oxygens (including phenoxy) is 2. The lowest BCUT2D eigenvalue weighted by atomic mass is 10.2. The van der Waals surface area contributed by atoms with Crippen molar-refractivity contribution in [2.75, 3.05) is 25.2 Å². The van der Waals surface area contributed by atoms with Crippen LogP contribution >= 0.6 is 0 Å². The second-order valence-corrected chi connectivity index (χ2v) is 6.31. The number of rotatable bonds is 8. The van der Waals surface area contributed by atoms with Crippen molar-refractivity contribution in [3.63, 3.8) is 0 Å². The molecule has 3 heterocycles. The molecule has 28 heavy (non-hydrogen) atoms. The smallest absolute Gasteiger partial charge is 0.283 e. The predicted octanol–water partition coefficient (Wildman–Crippen LogP) is 2.91. The van der Waals surface area contributed by atoms with E-state index >= 15 is 0 Å². The number of amides is 1. The van der Waals surface area contributed by atoms with E-state index in [2.05, 4.69) is 15.5 Å². The third-order valence-corrected chi connectivity index (χ3v) is 4.12. The second-order valence-electron chi connectivity index (χ2n) is 6.31. The number of nitrogens with one attached hydrogen (secondary N) is 1. The maximum absolute atomic E-state index is 12.5. The molecule has 0 bridgehead atoms. The number of benzene rings is 1. The lowest BCUT2D eigenvalue weighted by Gasteiger charge is -2.19. The summed E-state index contributed by atoms with van der Waals surface area (Å²) in [5, 5.41) is 10.9. The van der Waals surface area contributed by atoms with Gasteiger partial charge >= 0.3 is 0 Å². The Bertz CT molecular complexity index is 938. The van der Waals surface area contributed by atoms with Crippen molar-refractivity contribution in [2.45, 2.75) is 19.9 Å². The first-order valence-corrected chi connectivity index (χ1v) is 8.99. The van der Waals surface area contributed by atoms with E-state index < -0.39 is 0 Å². The molecule has 0 unspecified atom stereocenters. The summed E-state index contributed by atoms with van der Waals surface area (Å²) in [5.74, 6) is 2.42. The molecule has 0 fully saturated rings. The van der Waals surface area contributed by atoms with Crippen LogP contribution in [0, 0.1) is 0 Å². The van der Waals surface area contributed by atoms with Crippen LogP contribution in [0.5, 0.6) is 11.5 Å². The Balaban J connectivity index is 1.37. The zero-order valence-electron chi connectivity index (χ0n) is 15.4. The Labute approximate surface area is 161 Å². The molecule has 9 heteroatoms. The molecule has 0 aliphatic carbocycles. The fourth-order valence-corrected chi connectivity index (χ4v) is 2.92. The van der Waals surface area contributed by atoms with Gasteiger partial charge in [-0.3, -0.25) is 9.69 Å². The predicted molar refractivity (Wildman–Crippen MR) is 98.8 cm³/mol. The molecule has 1 aliphatic rings. The molecule has 1 aromatic carbocycles. The number of nitrogens with zero attached hydrogens (tertiary/aromatic N) is 3. The summed E-state index contributed by atoms with van der Waals surface area (Å²) < 4.78 is 21.5. The van der Waals surface area contributed by atoms with Gasteiger partial charge in [0.25, 0.3) is 5.89 Å². The molecular formula is C19H20N4O5. The Kier molecular flexibility index (Phi) is 5.24. The van der Waals surface area contributed by atoms with Crippen LogP contribution in [-0.4, -0.2) is 40.9 Å². The first-order chi connectivity index (χ1) is 13.7. The van der Waals surface area contributed by atoms with Crippen LogP contribution < -0.4 is 14.8 Å². The summed E-state index contributed by atoms with van der Waals surface area (Å²) in [6, 6.07) is 8.81. The topological polar surface area (TPSA) is 103 Å². The van der Waals surface area contributed by atoms with Crippen molar-refractivity contribution in [3.05, 3.63) is 42.5 Å². The first kappa shape index (κ1) is 18.1. The highest BCUT2D eigenvalue weighted by Gasteiger charge is 2.18. The van der Waals surface area contributed by atoms with Crippen molar-refractivity contribution in [1.82, 2.24) is 15.1 Å². The van der Waals surface area contributed by atoms with E-state index in [9.17, 15) is 4.79 Å². The van der Waals surface area contributed by atoms with Gasteiger partial charge < -0.3 is 23.6 Å². The van der Waals surface area contributed by atoms with Gasteiger partial charge in [0, 0.05) is 11.8 Å². The number of carbonyl (C=O) groups is 1. The van der Waals surface area contributed by atoms with E-state index in [0.717, 1.165) is 6.42 Å². The molecule has 0 radical (unpaired) electrons. The van der Waals surface area contributed by atoms with Crippen molar-refractivity contribution in [3.8, 4) is 23.1 Å². The number of furan rings is 1. The van der Waals surface area contributed by atoms with Crippen LogP contribution in [0.25, 0.3) is 11.7 Å². The van der Waals surface area contributed by atoms with Crippen LogP contribution in [0.1, 0.15) is 19.2 Å². The summed E-state index contributed by atoms with van der Waals surface area (Å²) in [4.78, 5) is 14.4. The van der Waals surface area contributed by atoms with E-state index in [1.807, 2.05) is 11.8 Å². The second kappa shape index (κ2) is 8.13. The molecule has 0 atom stereocenters. The van der Waals surface area contributed by atoms with Gasteiger partial charge in [0.2, 0.25) is 18.6 Å². The highest BCUT2D eigenvalue weighted by Crippen LogP contribution is 2.34. The SMILES string of the molecule is CCCN(CC(=O)Nc1ccc2c(c1)OCO2)Cc1nnc(-c2ccco2)o1. The summed E-state index contributed by atoms with van der Waals surface area (Å²) in [6.45, 7) is 3.52. The molecule has 0 spiro atoms. The van der Waals surface area contributed by atoms with E-state index in [1.165, 1.54) is 0 Å². The van der Waals surface area contributed by atoms with E-state index in [0.29, 0.717) is 47.8 Å². The molecule has 1 amide bonds. The van der Waals surface area contributed by atoms with Crippen molar-refractivity contribution < 1.29 is 23.1 Å². The number of carbonyl (C=O) groups excluding carboxylic acids is 1. The zero-order valence-corrected chi connectivity index (χ0v) is 15.4. The van der Waals surface area contributed by atoms with Crippen LogP contribution in [-0.2, 0) is 11.3 Å². The quantitative estimate of drug-likeness (QED) is 0.632. The van der Waals surface area contributed by atoms with Gasteiger partial charge in [-0.2, -0.15) is 0 Å². The minimum absolute atomic E-state index is 0.141. The molecule has 1 N–H and O–H groups in total. The fraction of sp³-hybridized carbons (Fsp3) is 0.316. The number of fused-ring (bicyclic) bond motifs is 1. The molecule has 3 aromatic rings. The molecular weight excluding hydrogens is 364 g/mol. The van der Waals surface area contributed by atoms with Gasteiger partial charge in [-0.25, -0.2) is 0 Å². The van der Waals surface area contributed by atoms with Gasteiger partial charge in [0.05, 0.1) is 19.4 Å². The van der Waals surface area contributed by atoms with Gasteiger partial charge in [-0.15, -0.1) is 10.2 Å². The normalized spacial score (nSPS) is 12.5. The average molecular weight is 384 g/mol. The number of hydrogen-bond acceptors (Lipinski definition) is 8. The van der Waals surface area contributed by atoms with Crippen molar-refractivity contribution in [2.24, 2.45) is 0 Å². The van der Waals surface area contributed by atoms with Crippen LogP contribution in [0.3, 0.4) is 0 Å². The number of aromatic nitrogens is 2. The van der Waals surface area contributed by atoms with Gasteiger partial charge in [-0.05, 0) is 37.2 Å². The monoisotopic (exact) mass is 384 g/mol. The summed E-state index contributed by atoms with van der Waals surface area (Å²) in [5.41, 5.74) is 0.656. The largest absolute Gasteiger partial charge is 0.459 e. The van der Waals surface area contributed by atoms with Gasteiger partial charge in [0.1, 0.15) is 0 Å². The highest BCUT2D eigenvalue weighted by atomic mass is 16.7. The number of anilines is 1. The molecule has 2 aromatic heterocycles. The van der Waals surface area contributed by atoms with Crippen LogP contribution in [0.2, 0.25) is 0 Å². The Hall–Kier alpha value is -3.33. The Morgan fingerprint density at radius 1 is 1.21 bits per heavy atom. The Morgan fingerprint density at radius 3 is 2.93 bits per heavy atom. The van der Waals surface area contributed by atoms with E-state index in [-0.39, 0.29) is 19.2 Å². The molecule has 1 aliphatic heterocycles. The van der Waals surface area contributed by atoms with Gasteiger partial charge in [-0.1, -0.05) is 6.92 Å². The maximum Gasteiger partial charge on any atom is 0.283 e. The molecule has 0 saturated carbocycles. The Morgan fingerprint density at radius 2 is 2.11 bits per heavy atom. The minimum atomic E-state index is -0.141. The lowest BCUT2D eigenvalue weighted by Crippen LogP contribution is -2.33. The van der Waals surface area contributed by atoms with E-state index in [4.69, 9.17) is 18.3 Å². The average Bonchev–Trinajstić information content (AvgIpc) is 3.42. The standard InChI is InChI=1S/C19H20N4O5/c1-2-7-23(11-18-21-22-19(28-18)15-4-3-8-25-15)10-17(24)20-13-5-6-14-16(9-13)27-12-26-14/h3-6,8-9H,2,7,10-12H2,1H3,(H,20,24). The van der Waals surface area contributed by atoms with Crippen LogP contribution in [0.4, 0.5) is 5.69 Å². The van der Waals surface area contributed by atoms with Crippen LogP contribution in [0.15, 0.2) is 45.4 Å². The molecule has 0 saturated heterocycles. The molecule has 9 nitrogen and oxygen atoms in total. The van der Waals surface area contributed by atoms with Crippen molar-refractivity contribution in [1.29, 1.82) is 0 Å². The van der Waals surface area contributed by atoms with Gasteiger partial charge in [0.15, 0.2) is 17.3 Å². The first-order valence-electron chi connectivity index (χ1n) is 8.99. The summed E-state index contributed by atoms with van der Waals surface area (Å²) in [7, 11) is 0. The summed E-state index contributed by atoms with van der Waals surface area (Å²) in [6.07, 6.45) is 2.43. The fourth-order valence-electron chi connectivity index (χ4n) is 2.92. The zero-order chi connectivity index (χ0) is 19.3. The minimum Gasteiger partial charge on any atom is -0.459 e. The molecule has 4 rings (SSSR count). The van der Waals surface area contributed by atoms with E-state index in [1.54, 1.807) is 36.6 Å².